The summed E-state index contributed by atoms with van der Waals surface area (Å²) in [5, 5.41) is 5.20. The van der Waals surface area contributed by atoms with Gasteiger partial charge in [-0.3, -0.25) is 4.40 Å². The van der Waals surface area contributed by atoms with Gasteiger partial charge in [-0.25, -0.2) is 13.4 Å². The molecule has 2 aromatic heterocycles. The van der Waals surface area contributed by atoms with E-state index in [2.05, 4.69) is 10.3 Å². The van der Waals surface area contributed by atoms with Crippen molar-refractivity contribution in [2.45, 2.75) is 32.2 Å². The zero-order valence-electron chi connectivity index (χ0n) is 12.0. The SMILES string of the molecule is CCCNc1nc2sccn2c1S(=O)(=O)N(CC)CC. The summed E-state index contributed by atoms with van der Waals surface area (Å²) < 4.78 is 28.7. The monoisotopic (exact) mass is 316 g/mol. The van der Waals surface area contributed by atoms with Gasteiger partial charge in [0.2, 0.25) is 0 Å². The third-order valence-electron chi connectivity index (χ3n) is 3.05. The maximum absolute atomic E-state index is 12.8. The van der Waals surface area contributed by atoms with Crippen molar-refractivity contribution in [3.8, 4) is 0 Å². The van der Waals surface area contributed by atoms with E-state index in [1.165, 1.54) is 15.6 Å². The maximum Gasteiger partial charge on any atom is 0.262 e. The van der Waals surface area contributed by atoms with Crippen molar-refractivity contribution < 1.29 is 8.42 Å². The van der Waals surface area contributed by atoms with E-state index in [4.69, 9.17) is 0 Å². The Morgan fingerprint density at radius 3 is 2.65 bits per heavy atom. The van der Waals surface area contributed by atoms with Gasteiger partial charge in [0.05, 0.1) is 0 Å². The summed E-state index contributed by atoms with van der Waals surface area (Å²) in [5.41, 5.74) is 0. The molecule has 0 saturated carbocycles. The van der Waals surface area contributed by atoms with Crippen LogP contribution in [0.3, 0.4) is 0 Å². The second kappa shape index (κ2) is 6.11. The summed E-state index contributed by atoms with van der Waals surface area (Å²) in [6, 6.07) is 0. The van der Waals surface area contributed by atoms with Crippen molar-refractivity contribution in [1.82, 2.24) is 13.7 Å². The van der Waals surface area contributed by atoms with E-state index in [0.29, 0.717) is 30.4 Å². The second-order valence-corrected chi connectivity index (χ2v) is 7.06. The van der Waals surface area contributed by atoms with Crippen molar-refractivity contribution >= 4 is 32.1 Å². The van der Waals surface area contributed by atoms with E-state index in [1.807, 2.05) is 26.2 Å². The molecule has 0 atom stereocenters. The van der Waals surface area contributed by atoms with Gasteiger partial charge < -0.3 is 5.32 Å². The Morgan fingerprint density at radius 2 is 2.05 bits per heavy atom. The first kappa shape index (κ1) is 15.3. The molecule has 0 aliphatic rings. The molecular formula is C12H20N4O2S2. The van der Waals surface area contributed by atoms with Crippen molar-refractivity contribution in [1.29, 1.82) is 0 Å². The van der Waals surface area contributed by atoms with Gasteiger partial charge in [-0.05, 0) is 6.42 Å². The maximum atomic E-state index is 12.8. The molecule has 0 bridgehead atoms. The van der Waals surface area contributed by atoms with Crippen LogP contribution in [0.1, 0.15) is 27.2 Å². The summed E-state index contributed by atoms with van der Waals surface area (Å²) >= 11 is 1.43. The summed E-state index contributed by atoms with van der Waals surface area (Å²) in [6.07, 6.45) is 2.66. The van der Waals surface area contributed by atoms with Crippen LogP contribution < -0.4 is 5.32 Å². The average molecular weight is 316 g/mol. The van der Waals surface area contributed by atoms with Crippen molar-refractivity contribution in [2.75, 3.05) is 25.0 Å². The van der Waals surface area contributed by atoms with Gasteiger partial charge in [0.1, 0.15) is 0 Å². The molecular weight excluding hydrogens is 296 g/mol. The minimum Gasteiger partial charge on any atom is -0.368 e. The van der Waals surface area contributed by atoms with Crippen LogP contribution in [0.2, 0.25) is 0 Å². The number of anilines is 1. The number of nitrogens with one attached hydrogen (secondary N) is 1. The summed E-state index contributed by atoms with van der Waals surface area (Å²) in [7, 11) is -3.54. The first-order valence-corrected chi connectivity index (χ1v) is 9.07. The van der Waals surface area contributed by atoms with Gasteiger partial charge in [0.25, 0.3) is 10.0 Å². The molecule has 0 saturated heterocycles. The molecule has 112 valence electrons. The van der Waals surface area contributed by atoms with Crippen molar-refractivity contribution in [3.63, 3.8) is 0 Å². The molecule has 0 aromatic carbocycles. The molecule has 0 fully saturated rings. The lowest BCUT2D eigenvalue weighted by atomic mass is 10.5. The highest BCUT2D eigenvalue weighted by atomic mass is 32.2. The van der Waals surface area contributed by atoms with E-state index < -0.39 is 10.0 Å². The molecule has 6 nitrogen and oxygen atoms in total. The molecule has 1 N–H and O–H groups in total. The van der Waals surface area contributed by atoms with E-state index >= 15 is 0 Å². The molecule has 2 rings (SSSR count). The number of hydrogen-bond donors (Lipinski definition) is 1. The Balaban J connectivity index is 2.57. The molecule has 0 aliphatic heterocycles. The summed E-state index contributed by atoms with van der Waals surface area (Å²) in [4.78, 5) is 5.08. The lowest BCUT2D eigenvalue weighted by molar-refractivity contribution is 0.442. The number of hydrogen-bond acceptors (Lipinski definition) is 5. The highest BCUT2D eigenvalue weighted by molar-refractivity contribution is 7.89. The average Bonchev–Trinajstić information content (AvgIpc) is 2.96. The standard InChI is InChI=1S/C12H20N4O2S2/c1-4-7-13-10-11(16-8-9-19-12(16)14-10)20(17,18)15(5-2)6-3/h8-9,13H,4-7H2,1-3H3. The van der Waals surface area contributed by atoms with Crippen LogP contribution >= 0.6 is 11.3 Å². The third-order valence-corrected chi connectivity index (χ3v) is 5.88. The number of sulfonamides is 1. The first-order chi connectivity index (χ1) is 9.56. The van der Waals surface area contributed by atoms with Crippen LogP contribution in [0.4, 0.5) is 5.82 Å². The number of aromatic nitrogens is 2. The highest BCUT2D eigenvalue weighted by Gasteiger charge is 2.30. The Kier molecular flexibility index (Phi) is 4.66. The van der Waals surface area contributed by atoms with Gasteiger partial charge in [-0.15, -0.1) is 11.3 Å². The Hall–Kier alpha value is -1.12. The summed E-state index contributed by atoms with van der Waals surface area (Å²) in [5.74, 6) is 0.450. The van der Waals surface area contributed by atoms with Gasteiger partial charge in [-0.2, -0.15) is 4.31 Å². The van der Waals surface area contributed by atoms with Crippen LogP contribution in [0.25, 0.3) is 4.96 Å². The summed E-state index contributed by atoms with van der Waals surface area (Å²) in [6.45, 7) is 7.31. The Bertz CT molecular complexity index is 671. The fraction of sp³-hybridized carbons (Fsp3) is 0.583. The van der Waals surface area contributed by atoms with E-state index in [9.17, 15) is 8.42 Å². The topological polar surface area (TPSA) is 66.7 Å². The smallest absolute Gasteiger partial charge is 0.262 e. The normalized spacial score (nSPS) is 12.4. The quantitative estimate of drug-likeness (QED) is 0.851. The van der Waals surface area contributed by atoms with Crippen LogP contribution in [0.5, 0.6) is 0 Å². The van der Waals surface area contributed by atoms with Gasteiger partial charge in [0, 0.05) is 31.2 Å². The molecule has 8 heteroatoms. The molecule has 0 aliphatic carbocycles. The number of rotatable bonds is 7. The highest BCUT2D eigenvalue weighted by Crippen LogP contribution is 2.28. The molecule has 0 radical (unpaired) electrons. The van der Waals surface area contributed by atoms with E-state index in [0.717, 1.165) is 6.42 Å². The Morgan fingerprint density at radius 1 is 1.35 bits per heavy atom. The molecule has 20 heavy (non-hydrogen) atoms. The van der Waals surface area contributed by atoms with Gasteiger partial charge in [0.15, 0.2) is 15.8 Å². The van der Waals surface area contributed by atoms with Crippen LogP contribution in [-0.2, 0) is 10.0 Å². The lowest BCUT2D eigenvalue weighted by Crippen LogP contribution is -2.32. The zero-order valence-corrected chi connectivity index (χ0v) is 13.6. The largest absolute Gasteiger partial charge is 0.368 e. The number of fused-ring (bicyclic) bond motifs is 1. The van der Waals surface area contributed by atoms with Crippen molar-refractivity contribution in [3.05, 3.63) is 11.6 Å². The third kappa shape index (κ3) is 2.55. The zero-order chi connectivity index (χ0) is 14.8. The minimum absolute atomic E-state index is 0.242. The minimum atomic E-state index is -3.54. The fourth-order valence-corrected chi connectivity index (χ4v) is 4.51. The second-order valence-electron chi connectivity index (χ2n) is 4.34. The van der Waals surface area contributed by atoms with Crippen LogP contribution in [0.15, 0.2) is 16.6 Å². The fourth-order valence-electron chi connectivity index (χ4n) is 2.06. The number of nitrogens with zero attached hydrogens (tertiary/aromatic N) is 3. The predicted octanol–water partition coefficient (Wildman–Crippen LogP) is 2.25. The van der Waals surface area contributed by atoms with Crippen LogP contribution in [-0.4, -0.2) is 41.7 Å². The van der Waals surface area contributed by atoms with Gasteiger partial charge >= 0.3 is 0 Å². The lowest BCUT2D eigenvalue weighted by Gasteiger charge is -2.18. The number of imidazole rings is 1. The molecule has 0 unspecified atom stereocenters. The molecule has 2 heterocycles. The molecule has 0 amide bonds. The van der Waals surface area contributed by atoms with Crippen LogP contribution in [0, 0.1) is 0 Å². The first-order valence-electron chi connectivity index (χ1n) is 6.75. The predicted molar refractivity (Wildman–Crippen MR) is 82.0 cm³/mol. The Labute approximate surface area is 123 Å². The van der Waals surface area contributed by atoms with Crippen molar-refractivity contribution in [2.24, 2.45) is 0 Å². The molecule has 2 aromatic rings. The molecule has 0 spiro atoms. The number of thiazole rings is 1. The van der Waals surface area contributed by atoms with E-state index in [1.54, 1.807) is 10.6 Å². The van der Waals surface area contributed by atoms with E-state index in [-0.39, 0.29) is 5.03 Å². The van der Waals surface area contributed by atoms with Gasteiger partial charge in [-0.1, -0.05) is 20.8 Å².